The van der Waals surface area contributed by atoms with E-state index in [9.17, 15) is 8.78 Å². The zero-order valence-electron chi connectivity index (χ0n) is 6.93. The first-order valence-corrected chi connectivity index (χ1v) is 4.71. The first kappa shape index (κ1) is 10.6. The Bertz CT molecular complexity index is 291. The number of rotatable bonds is 3. The van der Waals surface area contributed by atoms with Crippen molar-refractivity contribution in [3.05, 3.63) is 34.1 Å². The van der Waals surface area contributed by atoms with Gasteiger partial charge in [0.25, 0.3) is 0 Å². The fraction of sp³-hybridized carbons (Fsp3) is 0.333. The molecule has 2 N–H and O–H groups in total. The van der Waals surface area contributed by atoms with Gasteiger partial charge in [0.2, 0.25) is 0 Å². The summed E-state index contributed by atoms with van der Waals surface area (Å²) in [5.74, 6) is -0.354. The highest BCUT2D eigenvalue weighted by atomic mass is 79.9. The van der Waals surface area contributed by atoms with Gasteiger partial charge in [-0.15, -0.1) is 0 Å². The lowest BCUT2D eigenvalue weighted by molar-refractivity contribution is 0.440. The Morgan fingerprint density at radius 3 is 2.77 bits per heavy atom. The number of nitrogens with two attached hydrogens (primary N) is 1. The largest absolute Gasteiger partial charge is 0.324 e. The Labute approximate surface area is 84.1 Å². The molecule has 13 heavy (non-hydrogen) atoms. The molecule has 1 atom stereocenters. The van der Waals surface area contributed by atoms with Crippen LogP contribution in [0.2, 0.25) is 0 Å². The highest BCUT2D eigenvalue weighted by molar-refractivity contribution is 9.10. The van der Waals surface area contributed by atoms with Crippen molar-refractivity contribution in [2.45, 2.75) is 12.5 Å². The summed E-state index contributed by atoms with van der Waals surface area (Å²) in [5.41, 5.74) is 6.25. The van der Waals surface area contributed by atoms with E-state index >= 15 is 0 Å². The third kappa shape index (κ3) is 2.74. The second-order valence-corrected chi connectivity index (χ2v) is 3.60. The average Bonchev–Trinajstić information content (AvgIpc) is 2.09. The zero-order valence-corrected chi connectivity index (χ0v) is 8.52. The topological polar surface area (TPSA) is 26.0 Å². The molecule has 1 aromatic carbocycles. The van der Waals surface area contributed by atoms with Crippen LogP contribution in [-0.2, 0) is 0 Å². The van der Waals surface area contributed by atoms with Crippen molar-refractivity contribution in [3.63, 3.8) is 0 Å². The van der Waals surface area contributed by atoms with Crippen molar-refractivity contribution in [1.82, 2.24) is 0 Å². The average molecular weight is 250 g/mol. The molecule has 0 spiro atoms. The van der Waals surface area contributed by atoms with Crippen LogP contribution in [0.5, 0.6) is 0 Å². The second kappa shape index (κ2) is 4.67. The van der Waals surface area contributed by atoms with Crippen molar-refractivity contribution in [1.29, 1.82) is 0 Å². The molecular formula is C9H10BrF2N. The summed E-state index contributed by atoms with van der Waals surface area (Å²) in [6, 6.07) is 3.78. The van der Waals surface area contributed by atoms with Crippen molar-refractivity contribution >= 4 is 15.9 Å². The molecule has 1 aromatic rings. The van der Waals surface area contributed by atoms with Crippen LogP contribution in [0.3, 0.4) is 0 Å². The standard InChI is InChI=1S/C9H10BrF2N/c10-8-2-1-6(12)5-7(8)9(13)3-4-11/h1-2,5,9H,3-4,13H2/t9-/m1/s1. The summed E-state index contributed by atoms with van der Waals surface area (Å²) in [6.45, 7) is -0.496. The third-order valence-electron chi connectivity index (χ3n) is 1.78. The van der Waals surface area contributed by atoms with Crippen LogP contribution in [0.4, 0.5) is 8.78 Å². The lowest BCUT2D eigenvalue weighted by Crippen LogP contribution is -2.11. The van der Waals surface area contributed by atoms with Crippen LogP contribution in [-0.4, -0.2) is 6.67 Å². The predicted octanol–water partition coefficient (Wildman–Crippen LogP) is 2.95. The minimum Gasteiger partial charge on any atom is -0.324 e. The Balaban J connectivity index is 2.91. The van der Waals surface area contributed by atoms with E-state index in [1.807, 2.05) is 0 Å². The molecule has 0 fully saturated rings. The first-order valence-electron chi connectivity index (χ1n) is 3.91. The fourth-order valence-electron chi connectivity index (χ4n) is 1.07. The normalized spacial score (nSPS) is 12.9. The van der Waals surface area contributed by atoms with Crippen LogP contribution >= 0.6 is 15.9 Å². The molecule has 0 radical (unpaired) electrons. The molecule has 0 aromatic heterocycles. The summed E-state index contributed by atoms with van der Waals surface area (Å²) in [5, 5.41) is 0. The van der Waals surface area contributed by atoms with Gasteiger partial charge in [-0.25, -0.2) is 4.39 Å². The van der Waals surface area contributed by atoms with Crippen molar-refractivity contribution in [2.24, 2.45) is 5.73 Å². The van der Waals surface area contributed by atoms with Crippen LogP contribution in [0.25, 0.3) is 0 Å². The van der Waals surface area contributed by atoms with Crippen LogP contribution in [0.1, 0.15) is 18.0 Å². The van der Waals surface area contributed by atoms with Gasteiger partial charge >= 0.3 is 0 Å². The molecule has 1 nitrogen and oxygen atoms in total. The number of hydrogen-bond donors (Lipinski definition) is 1. The molecule has 1 rings (SSSR count). The summed E-state index contributed by atoms with van der Waals surface area (Å²) in [4.78, 5) is 0. The lowest BCUT2D eigenvalue weighted by Gasteiger charge is -2.11. The molecule has 0 amide bonds. The molecule has 0 unspecified atom stereocenters. The molecule has 0 saturated carbocycles. The van der Waals surface area contributed by atoms with Gasteiger partial charge in [0, 0.05) is 10.5 Å². The monoisotopic (exact) mass is 249 g/mol. The summed E-state index contributed by atoms with van der Waals surface area (Å²) in [6.07, 6.45) is 0.210. The van der Waals surface area contributed by atoms with E-state index in [0.29, 0.717) is 5.56 Å². The van der Waals surface area contributed by atoms with E-state index in [2.05, 4.69) is 15.9 Å². The number of alkyl halides is 1. The maximum atomic E-state index is 12.8. The molecule has 0 aliphatic carbocycles. The van der Waals surface area contributed by atoms with E-state index in [-0.39, 0.29) is 12.2 Å². The summed E-state index contributed by atoms with van der Waals surface area (Å²) in [7, 11) is 0. The smallest absolute Gasteiger partial charge is 0.123 e. The lowest BCUT2D eigenvalue weighted by atomic mass is 10.1. The van der Waals surface area contributed by atoms with Crippen molar-refractivity contribution in [2.75, 3.05) is 6.67 Å². The van der Waals surface area contributed by atoms with Crippen molar-refractivity contribution < 1.29 is 8.78 Å². The molecule has 0 bridgehead atoms. The number of benzene rings is 1. The molecular weight excluding hydrogens is 240 g/mol. The second-order valence-electron chi connectivity index (χ2n) is 2.75. The molecule has 0 heterocycles. The molecule has 72 valence electrons. The van der Waals surface area contributed by atoms with Crippen LogP contribution in [0.15, 0.2) is 22.7 Å². The minimum atomic E-state index is -0.496. The van der Waals surface area contributed by atoms with Gasteiger partial charge < -0.3 is 5.73 Å². The third-order valence-corrected chi connectivity index (χ3v) is 2.50. The van der Waals surface area contributed by atoms with E-state index in [1.54, 1.807) is 6.07 Å². The van der Waals surface area contributed by atoms with Gasteiger partial charge in [-0.3, -0.25) is 4.39 Å². The molecule has 4 heteroatoms. The quantitative estimate of drug-likeness (QED) is 0.876. The first-order chi connectivity index (χ1) is 6.15. The number of hydrogen-bond acceptors (Lipinski definition) is 1. The highest BCUT2D eigenvalue weighted by Crippen LogP contribution is 2.24. The van der Waals surface area contributed by atoms with Crippen LogP contribution in [0, 0.1) is 5.82 Å². The summed E-state index contributed by atoms with van der Waals surface area (Å²) < 4.78 is 25.5. The maximum absolute atomic E-state index is 12.8. The van der Waals surface area contributed by atoms with Gasteiger partial charge in [-0.2, -0.15) is 0 Å². The Morgan fingerprint density at radius 2 is 2.15 bits per heavy atom. The minimum absolute atomic E-state index is 0.210. The van der Waals surface area contributed by atoms with E-state index in [1.165, 1.54) is 12.1 Å². The maximum Gasteiger partial charge on any atom is 0.123 e. The van der Waals surface area contributed by atoms with Crippen LogP contribution < -0.4 is 5.73 Å². The molecule has 0 aliphatic heterocycles. The highest BCUT2D eigenvalue weighted by Gasteiger charge is 2.10. The Hall–Kier alpha value is -0.480. The molecule has 0 saturated heterocycles. The van der Waals surface area contributed by atoms with E-state index < -0.39 is 12.7 Å². The van der Waals surface area contributed by atoms with Gasteiger partial charge in [0.15, 0.2) is 0 Å². The Kier molecular flexibility index (Phi) is 3.81. The predicted molar refractivity (Wildman–Crippen MR) is 51.6 cm³/mol. The zero-order chi connectivity index (χ0) is 9.84. The van der Waals surface area contributed by atoms with Gasteiger partial charge in [0.05, 0.1) is 6.67 Å². The van der Waals surface area contributed by atoms with Gasteiger partial charge in [-0.1, -0.05) is 15.9 Å². The van der Waals surface area contributed by atoms with Gasteiger partial charge in [-0.05, 0) is 30.2 Å². The summed E-state index contributed by atoms with van der Waals surface area (Å²) >= 11 is 3.23. The van der Waals surface area contributed by atoms with Crippen molar-refractivity contribution in [3.8, 4) is 0 Å². The van der Waals surface area contributed by atoms with Gasteiger partial charge in [0.1, 0.15) is 5.82 Å². The fourth-order valence-corrected chi connectivity index (χ4v) is 1.61. The SMILES string of the molecule is N[C@H](CCF)c1cc(F)ccc1Br. The number of halogens is 3. The van der Waals surface area contributed by atoms with E-state index in [4.69, 9.17) is 5.73 Å². The molecule has 0 aliphatic rings. The van der Waals surface area contributed by atoms with E-state index in [0.717, 1.165) is 4.47 Å². The Morgan fingerprint density at radius 1 is 1.46 bits per heavy atom.